The van der Waals surface area contributed by atoms with Crippen LogP contribution in [0.2, 0.25) is 16.6 Å². The van der Waals surface area contributed by atoms with E-state index in [1.165, 1.54) is 0 Å². The average Bonchev–Trinajstić information content (AvgIpc) is 2.31. The summed E-state index contributed by atoms with van der Waals surface area (Å²) in [5, 5.41) is 11.9. The molecule has 0 aliphatic rings. The molecule has 5 heteroatoms. The predicted octanol–water partition coefficient (Wildman–Crippen LogP) is 3.42. The molecule has 1 unspecified atom stereocenters. The van der Waals surface area contributed by atoms with Gasteiger partial charge in [0.25, 0.3) is 6.43 Å². The molecule has 1 atom stereocenters. The summed E-state index contributed by atoms with van der Waals surface area (Å²) in [4.78, 5) is 0. The monoisotopic (exact) mass is 305 g/mol. The van der Waals surface area contributed by atoms with Crippen LogP contribution >= 0.6 is 0 Å². The van der Waals surface area contributed by atoms with E-state index in [1.54, 1.807) is 0 Å². The third kappa shape index (κ3) is 5.15. The van der Waals surface area contributed by atoms with Crippen LogP contribution in [0.15, 0.2) is 0 Å². The average molecular weight is 305 g/mol. The van der Waals surface area contributed by atoms with Gasteiger partial charge in [-0.1, -0.05) is 47.5 Å². The van der Waals surface area contributed by atoms with Crippen molar-refractivity contribution in [1.29, 1.82) is 0 Å². The van der Waals surface area contributed by atoms with Crippen molar-refractivity contribution in [1.82, 2.24) is 5.32 Å². The summed E-state index contributed by atoms with van der Waals surface area (Å²) in [5.74, 6) is 3.03. The van der Waals surface area contributed by atoms with Crippen LogP contribution in [-0.4, -0.2) is 38.8 Å². The van der Waals surface area contributed by atoms with Crippen molar-refractivity contribution in [2.24, 2.45) is 0 Å². The van der Waals surface area contributed by atoms with Gasteiger partial charge >= 0.3 is 0 Å². The van der Waals surface area contributed by atoms with E-state index >= 15 is 0 Å². The van der Waals surface area contributed by atoms with E-state index in [0.717, 1.165) is 0 Å². The molecule has 0 aromatic rings. The van der Waals surface area contributed by atoms with E-state index in [1.807, 2.05) is 0 Å². The Bertz CT molecular complexity index is 313. The lowest BCUT2D eigenvalue weighted by molar-refractivity contribution is 0.138. The van der Waals surface area contributed by atoms with Gasteiger partial charge in [0.1, 0.15) is 8.07 Å². The predicted molar refractivity (Wildman–Crippen MR) is 83.7 cm³/mol. The molecule has 0 aromatic carbocycles. The Balaban J connectivity index is 5.20. The summed E-state index contributed by atoms with van der Waals surface area (Å²) in [5.41, 5.74) is 4.90. The van der Waals surface area contributed by atoms with Gasteiger partial charge in [-0.05, 0) is 16.6 Å². The van der Waals surface area contributed by atoms with Gasteiger partial charge in [-0.15, -0.1) is 5.54 Å². The molecule has 0 rings (SSSR count). The highest BCUT2D eigenvalue weighted by Crippen LogP contribution is 2.40. The second-order valence-electron chi connectivity index (χ2n) is 6.20. The number of nitrogens with one attached hydrogen (secondary N) is 1. The first-order valence-corrected chi connectivity index (χ1v) is 9.56. The number of hydrogen-bond donors (Lipinski definition) is 2. The van der Waals surface area contributed by atoms with Crippen molar-refractivity contribution < 1.29 is 13.9 Å². The lowest BCUT2D eigenvalue weighted by atomic mass is 10.3. The second-order valence-corrected chi connectivity index (χ2v) is 11.8. The summed E-state index contributed by atoms with van der Waals surface area (Å²) in [6.07, 6.45) is -2.42. The standard InChI is InChI=1S/C15H29F2NOSi/c1-11(2)20(12(3)4,13(5)6)8-7-14(10-19)18-9-15(16)17/h11-15,18-19H,9-10H2,1-6H3. The maximum atomic E-state index is 12.2. The normalized spacial score (nSPS) is 14.1. The third-order valence-electron chi connectivity index (χ3n) is 4.03. The number of halogens is 2. The third-order valence-corrected chi connectivity index (χ3v) is 10.3. The SMILES string of the molecule is CC(C)[Si](C#CC(CO)NCC(F)F)(C(C)C)C(C)C. The van der Waals surface area contributed by atoms with Crippen LogP contribution < -0.4 is 5.32 Å². The van der Waals surface area contributed by atoms with E-state index in [0.29, 0.717) is 16.6 Å². The van der Waals surface area contributed by atoms with Gasteiger partial charge in [-0.25, -0.2) is 8.78 Å². The minimum atomic E-state index is -2.42. The molecule has 0 heterocycles. The number of rotatable bonds is 7. The number of aliphatic hydroxyl groups is 1. The van der Waals surface area contributed by atoms with Crippen LogP contribution in [0.3, 0.4) is 0 Å². The zero-order valence-electron chi connectivity index (χ0n) is 13.5. The van der Waals surface area contributed by atoms with Gasteiger partial charge < -0.3 is 5.11 Å². The van der Waals surface area contributed by atoms with E-state index in [4.69, 9.17) is 0 Å². The first-order chi connectivity index (χ1) is 9.18. The maximum Gasteiger partial charge on any atom is 0.250 e. The van der Waals surface area contributed by atoms with Crippen molar-refractivity contribution in [3.63, 3.8) is 0 Å². The molecule has 0 fully saturated rings. The number of alkyl halides is 2. The molecule has 0 aromatic heterocycles. The molecule has 0 saturated heterocycles. The largest absolute Gasteiger partial charge is 0.394 e. The highest BCUT2D eigenvalue weighted by Gasteiger charge is 2.41. The van der Waals surface area contributed by atoms with Crippen LogP contribution in [0.25, 0.3) is 0 Å². The minimum Gasteiger partial charge on any atom is -0.394 e. The van der Waals surface area contributed by atoms with E-state index < -0.39 is 27.1 Å². The van der Waals surface area contributed by atoms with Gasteiger partial charge in [0.05, 0.1) is 19.2 Å². The summed E-state index contributed by atoms with van der Waals surface area (Å²) in [7, 11) is -1.86. The molecular formula is C15H29F2NOSi. The quantitative estimate of drug-likeness (QED) is 0.558. The summed E-state index contributed by atoms with van der Waals surface area (Å²) < 4.78 is 24.4. The molecule has 2 nitrogen and oxygen atoms in total. The molecular weight excluding hydrogens is 276 g/mol. The van der Waals surface area contributed by atoms with Crippen LogP contribution in [0.4, 0.5) is 8.78 Å². The van der Waals surface area contributed by atoms with E-state index in [2.05, 4.69) is 58.3 Å². The van der Waals surface area contributed by atoms with Crippen molar-refractivity contribution in [3.05, 3.63) is 0 Å². The van der Waals surface area contributed by atoms with Crippen LogP contribution in [0, 0.1) is 11.5 Å². The fraction of sp³-hybridized carbons (Fsp3) is 0.867. The van der Waals surface area contributed by atoms with Gasteiger partial charge in [0.2, 0.25) is 0 Å². The Morgan fingerprint density at radius 3 is 1.75 bits per heavy atom. The first kappa shape index (κ1) is 19.6. The zero-order valence-corrected chi connectivity index (χ0v) is 14.5. The Hall–Kier alpha value is -0.443. The molecule has 2 N–H and O–H groups in total. The lowest BCUT2D eigenvalue weighted by Gasteiger charge is -2.38. The van der Waals surface area contributed by atoms with Crippen molar-refractivity contribution >= 4 is 8.07 Å². The molecule has 0 amide bonds. The smallest absolute Gasteiger partial charge is 0.250 e. The number of aliphatic hydroxyl groups excluding tert-OH is 1. The minimum absolute atomic E-state index is 0.238. The molecule has 0 radical (unpaired) electrons. The van der Waals surface area contributed by atoms with Crippen molar-refractivity contribution in [3.8, 4) is 11.5 Å². The van der Waals surface area contributed by atoms with E-state index in [9.17, 15) is 13.9 Å². The zero-order chi connectivity index (χ0) is 15.9. The summed E-state index contributed by atoms with van der Waals surface area (Å²) in [6, 6.07) is -0.563. The fourth-order valence-corrected chi connectivity index (χ4v) is 8.33. The molecule has 0 aliphatic carbocycles. The summed E-state index contributed by atoms with van der Waals surface area (Å²) >= 11 is 0. The van der Waals surface area contributed by atoms with Gasteiger partial charge in [-0.3, -0.25) is 5.32 Å². The first-order valence-electron chi connectivity index (χ1n) is 7.33. The number of hydrogen-bond acceptors (Lipinski definition) is 2. The Morgan fingerprint density at radius 1 is 1.00 bits per heavy atom. The Morgan fingerprint density at radius 2 is 1.45 bits per heavy atom. The van der Waals surface area contributed by atoms with Crippen molar-refractivity contribution in [2.45, 2.75) is 70.6 Å². The second kappa shape index (κ2) is 8.76. The molecule has 0 bridgehead atoms. The molecule has 0 aliphatic heterocycles. The van der Waals surface area contributed by atoms with Crippen molar-refractivity contribution in [2.75, 3.05) is 13.2 Å². The maximum absolute atomic E-state index is 12.2. The molecule has 0 spiro atoms. The highest BCUT2D eigenvalue weighted by molar-refractivity contribution is 6.90. The van der Waals surface area contributed by atoms with Crippen LogP contribution in [0.1, 0.15) is 41.5 Å². The molecule has 20 heavy (non-hydrogen) atoms. The molecule has 118 valence electrons. The molecule has 0 saturated carbocycles. The van der Waals surface area contributed by atoms with Gasteiger partial charge in [-0.2, -0.15) is 0 Å². The topological polar surface area (TPSA) is 32.3 Å². The Labute approximate surface area is 123 Å². The lowest BCUT2D eigenvalue weighted by Crippen LogP contribution is -2.44. The fourth-order valence-electron chi connectivity index (χ4n) is 3.04. The highest BCUT2D eigenvalue weighted by atomic mass is 28.3. The summed E-state index contributed by atoms with van der Waals surface area (Å²) in [6.45, 7) is 12.5. The van der Waals surface area contributed by atoms with E-state index in [-0.39, 0.29) is 6.61 Å². The van der Waals surface area contributed by atoms with Crippen LogP contribution in [0.5, 0.6) is 0 Å². The van der Waals surface area contributed by atoms with Crippen LogP contribution in [-0.2, 0) is 0 Å². The Kier molecular flexibility index (Phi) is 8.56. The van der Waals surface area contributed by atoms with Gasteiger partial charge in [0.15, 0.2) is 0 Å². The van der Waals surface area contributed by atoms with Gasteiger partial charge in [0, 0.05) is 0 Å².